The van der Waals surface area contributed by atoms with Crippen LogP contribution in [0.4, 0.5) is 11.4 Å². The third-order valence-corrected chi connectivity index (χ3v) is 13.9. The maximum Gasteiger partial charge on any atom is 0.0746 e. The molecule has 8 aromatic carbocycles. The first-order valence-corrected chi connectivity index (χ1v) is 21.4. The van der Waals surface area contributed by atoms with Crippen LogP contribution in [-0.2, 0) is 10.8 Å². The summed E-state index contributed by atoms with van der Waals surface area (Å²) in [6.07, 6.45) is 4.51. The van der Waals surface area contributed by atoms with Gasteiger partial charge in [-0.3, -0.25) is 0 Å². The molecule has 0 saturated carbocycles. The van der Waals surface area contributed by atoms with Crippen molar-refractivity contribution in [3.8, 4) is 27.9 Å². The van der Waals surface area contributed by atoms with E-state index >= 15 is 0 Å². The molecule has 9 aromatic rings. The van der Waals surface area contributed by atoms with Crippen LogP contribution in [-0.4, -0.2) is 4.57 Å². The van der Waals surface area contributed by atoms with E-state index < -0.39 is 5.41 Å². The lowest BCUT2D eigenvalue weighted by Crippen LogP contribution is -2.29. The summed E-state index contributed by atoms with van der Waals surface area (Å²) in [5.74, 6) is 0. The predicted molar refractivity (Wildman–Crippen MR) is 256 cm³/mol. The maximum atomic E-state index is 4.39. The molecule has 3 aliphatic carbocycles. The molecule has 1 aromatic heterocycles. The van der Waals surface area contributed by atoms with Crippen LogP contribution in [0.1, 0.15) is 54.2 Å². The van der Waals surface area contributed by atoms with Crippen molar-refractivity contribution in [3.63, 3.8) is 0 Å². The number of nitrogens with zero attached hydrogens (tertiary/aromatic N) is 2. The molecule has 0 radical (unpaired) electrons. The fourth-order valence-electron chi connectivity index (χ4n) is 11.5. The van der Waals surface area contributed by atoms with Crippen molar-refractivity contribution in [1.29, 1.82) is 0 Å². The second-order valence-corrected chi connectivity index (χ2v) is 17.3. The number of benzene rings is 8. The van der Waals surface area contributed by atoms with E-state index in [-0.39, 0.29) is 5.41 Å². The Labute approximate surface area is 357 Å². The van der Waals surface area contributed by atoms with Crippen molar-refractivity contribution in [3.05, 3.63) is 251 Å². The SMILES string of the molecule is C=CC1=C(/C=C(\C)N(c2cccc3c2C2(c4ccccc4-c4ccccc42)c2ccccc2-3)c2cccc3c2c2ccccc2n3-c2ccccc2)C(C)(C)c2ccccc21. The minimum Gasteiger partial charge on any atom is -0.313 e. The third kappa shape index (κ3) is 4.68. The fourth-order valence-corrected chi connectivity index (χ4v) is 11.5. The van der Waals surface area contributed by atoms with Crippen LogP contribution in [0.2, 0.25) is 0 Å². The summed E-state index contributed by atoms with van der Waals surface area (Å²) in [4.78, 5) is 2.59. The quantitative estimate of drug-likeness (QED) is 0.163. The van der Waals surface area contributed by atoms with Crippen LogP contribution in [0.15, 0.2) is 218 Å². The molecule has 0 amide bonds. The summed E-state index contributed by atoms with van der Waals surface area (Å²) in [5, 5.41) is 2.44. The minimum atomic E-state index is -0.533. The van der Waals surface area contributed by atoms with Gasteiger partial charge in [0.2, 0.25) is 0 Å². The normalized spacial score (nSPS) is 15.2. The second-order valence-electron chi connectivity index (χ2n) is 17.3. The molecule has 0 fully saturated rings. The molecule has 0 saturated heterocycles. The van der Waals surface area contributed by atoms with E-state index in [0.717, 1.165) is 17.1 Å². The summed E-state index contributed by atoms with van der Waals surface area (Å²) in [6.45, 7) is 11.4. The number of para-hydroxylation sites is 2. The highest BCUT2D eigenvalue weighted by molar-refractivity contribution is 6.16. The number of hydrogen-bond acceptors (Lipinski definition) is 1. The Morgan fingerprint density at radius 3 is 1.69 bits per heavy atom. The first-order valence-electron chi connectivity index (χ1n) is 21.4. The molecule has 290 valence electrons. The molecule has 0 aliphatic heterocycles. The number of fused-ring (bicyclic) bond motifs is 14. The van der Waals surface area contributed by atoms with Gasteiger partial charge in [0.15, 0.2) is 0 Å². The van der Waals surface area contributed by atoms with Crippen LogP contribution in [0.3, 0.4) is 0 Å². The van der Waals surface area contributed by atoms with Crippen molar-refractivity contribution in [1.82, 2.24) is 4.57 Å². The summed E-state index contributed by atoms with van der Waals surface area (Å²) in [5.41, 5.74) is 21.7. The number of hydrogen-bond donors (Lipinski definition) is 0. The molecule has 3 aliphatic rings. The zero-order chi connectivity index (χ0) is 41.0. The van der Waals surface area contributed by atoms with Gasteiger partial charge in [0.1, 0.15) is 0 Å². The zero-order valence-electron chi connectivity index (χ0n) is 34.7. The van der Waals surface area contributed by atoms with Crippen molar-refractivity contribution in [2.24, 2.45) is 0 Å². The Morgan fingerprint density at radius 2 is 1.02 bits per heavy atom. The standard InChI is InChI=1S/C59H44N2/c1-5-40-41-23-9-14-29-47(41)58(3,4)51(40)37-38(2)60(53-34-20-35-54-56(53)46-27-13-18-33-52(46)61(54)39-21-7-6-8-22-39)55-36-19-28-45-44-26-12-17-32-50(44)59(57(45)55)48-30-15-10-24-42(48)43-25-11-16-31-49(43)59/h5-37H,1H2,2-4H3/b38-37+. The van der Waals surface area contributed by atoms with E-state index in [0.29, 0.717) is 0 Å². The van der Waals surface area contributed by atoms with Crippen molar-refractivity contribution in [2.75, 3.05) is 4.90 Å². The average molecular weight is 781 g/mol. The van der Waals surface area contributed by atoms with E-state index in [1.165, 1.54) is 94.3 Å². The highest BCUT2D eigenvalue weighted by atomic mass is 15.2. The summed E-state index contributed by atoms with van der Waals surface area (Å²) < 4.78 is 2.43. The Balaban J connectivity index is 1.22. The topological polar surface area (TPSA) is 8.17 Å². The Hall–Kier alpha value is -7.42. The largest absolute Gasteiger partial charge is 0.313 e. The van der Waals surface area contributed by atoms with Gasteiger partial charge in [0.05, 0.1) is 27.8 Å². The highest BCUT2D eigenvalue weighted by Crippen LogP contribution is 2.65. The molecule has 61 heavy (non-hydrogen) atoms. The summed E-state index contributed by atoms with van der Waals surface area (Å²) in [7, 11) is 0. The molecule has 12 rings (SSSR count). The van der Waals surface area contributed by atoms with E-state index in [2.05, 4.69) is 237 Å². The van der Waals surface area contributed by atoms with E-state index in [9.17, 15) is 0 Å². The Bertz CT molecular complexity index is 3310. The van der Waals surface area contributed by atoms with Gasteiger partial charge in [-0.25, -0.2) is 0 Å². The molecular weight excluding hydrogens is 737 g/mol. The molecule has 2 heteroatoms. The molecule has 0 atom stereocenters. The van der Waals surface area contributed by atoms with E-state index in [4.69, 9.17) is 0 Å². The Morgan fingerprint density at radius 1 is 0.508 bits per heavy atom. The number of anilines is 2. The molecular formula is C59H44N2. The van der Waals surface area contributed by atoms with Gasteiger partial charge in [-0.05, 0) is 111 Å². The van der Waals surface area contributed by atoms with Crippen molar-refractivity contribution in [2.45, 2.75) is 31.6 Å². The van der Waals surface area contributed by atoms with Crippen molar-refractivity contribution >= 4 is 38.8 Å². The lowest BCUT2D eigenvalue weighted by Gasteiger charge is -2.36. The first kappa shape index (κ1) is 35.5. The van der Waals surface area contributed by atoms with Gasteiger partial charge in [-0.1, -0.05) is 178 Å². The summed E-state index contributed by atoms with van der Waals surface area (Å²) in [6, 6.07) is 69.7. The monoisotopic (exact) mass is 780 g/mol. The smallest absolute Gasteiger partial charge is 0.0746 e. The fraction of sp³-hybridized carbons (Fsp3) is 0.0847. The van der Waals surface area contributed by atoms with Gasteiger partial charge < -0.3 is 9.47 Å². The Kier molecular flexibility index (Phi) is 7.59. The van der Waals surface area contributed by atoms with Gasteiger partial charge in [-0.2, -0.15) is 0 Å². The van der Waals surface area contributed by atoms with Crippen molar-refractivity contribution < 1.29 is 0 Å². The van der Waals surface area contributed by atoms with E-state index in [1.54, 1.807) is 0 Å². The van der Waals surface area contributed by atoms with Crippen LogP contribution >= 0.6 is 0 Å². The zero-order valence-corrected chi connectivity index (χ0v) is 34.7. The van der Waals surface area contributed by atoms with Crippen LogP contribution in [0, 0.1) is 0 Å². The van der Waals surface area contributed by atoms with Gasteiger partial charge in [0, 0.05) is 33.1 Å². The summed E-state index contributed by atoms with van der Waals surface area (Å²) >= 11 is 0. The lowest BCUT2D eigenvalue weighted by atomic mass is 9.70. The van der Waals surface area contributed by atoms with Crippen LogP contribution in [0.5, 0.6) is 0 Å². The third-order valence-electron chi connectivity index (χ3n) is 13.9. The maximum absolute atomic E-state index is 4.39. The second kappa shape index (κ2) is 13.0. The molecule has 0 bridgehead atoms. The predicted octanol–water partition coefficient (Wildman–Crippen LogP) is 15.1. The minimum absolute atomic E-state index is 0.234. The van der Waals surface area contributed by atoms with Gasteiger partial charge in [0.25, 0.3) is 0 Å². The molecule has 2 nitrogen and oxygen atoms in total. The average Bonchev–Trinajstić information content (AvgIpc) is 3.97. The highest BCUT2D eigenvalue weighted by Gasteiger charge is 2.53. The molecule has 0 unspecified atom stereocenters. The number of aromatic nitrogens is 1. The number of allylic oxidation sites excluding steroid dienone is 5. The van der Waals surface area contributed by atoms with Gasteiger partial charge >= 0.3 is 0 Å². The van der Waals surface area contributed by atoms with E-state index in [1.807, 2.05) is 0 Å². The molecule has 1 spiro atoms. The van der Waals surface area contributed by atoms with Crippen LogP contribution < -0.4 is 4.90 Å². The first-order chi connectivity index (χ1) is 29.9. The van der Waals surface area contributed by atoms with Crippen LogP contribution in [0.25, 0.3) is 55.3 Å². The van der Waals surface area contributed by atoms with Gasteiger partial charge in [-0.15, -0.1) is 0 Å². The molecule has 1 heterocycles. The lowest BCUT2D eigenvalue weighted by molar-refractivity contribution is 0.653. The number of rotatable bonds is 6. The molecule has 0 N–H and O–H groups in total.